The molecule has 4 rings (SSSR count). The highest BCUT2D eigenvalue weighted by molar-refractivity contribution is 8.18. The molecule has 1 fully saturated rings. The summed E-state index contributed by atoms with van der Waals surface area (Å²) in [7, 11) is 0. The lowest BCUT2D eigenvalue weighted by atomic mass is 10.1. The van der Waals surface area contributed by atoms with Crippen LogP contribution in [0.25, 0.3) is 6.08 Å². The molecule has 182 valence electrons. The first-order valence-corrected chi connectivity index (χ1v) is 11.2. The van der Waals surface area contributed by atoms with E-state index in [0.717, 1.165) is 23.1 Å². The Morgan fingerprint density at radius 2 is 1.75 bits per heavy atom. The van der Waals surface area contributed by atoms with E-state index in [2.05, 4.69) is 0 Å². The van der Waals surface area contributed by atoms with E-state index in [4.69, 9.17) is 16.3 Å². The minimum Gasteiger partial charge on any atom is -0.449 e. The van der Waals surface area contributed by atoms with Crippen LogP contribution in [-0.4, -0.2) is 25.9 Å². The van der Waals surface area contributed by atoms with Gasteiger partial charge in [0.25, 0.3) is 16.8 Å². The molecule has 0 aliphatic carbocycles. The van der Waals surface area contributed by atoms with Crippen molar-refractivity contribution in [1.82, 2.24) is 4.90 Å². The first kappa shape index (κ1) is 24.8. The van der Waals surface area contributed by atoms with Crippen molar-refractivity contribution < 1.29 is 28.6 Å². The van der Waals surface area contributed by atoms with E-state index in [1.165, 1.54) is 30.3 Å². The lowest BCUT2D eigenvalue weighted by Gasteiger charge is -2.14. The van der Waals surface area contributed by atoms with E-state index in [0.29, 0.717) is 17.3 Å². The third-order valence-corrected chi connectivity index (χ3v) is 6.29. The summed E-state index contributed by atoms with van der Waals surface area (Å²) in [6.45, 7) is -0.360. The van der Waals surface area contributed by atoms with Crippen molar-refractivity contribution >= 4 is 52.0 Å². The zero-order valence-corrected chi connectivity index (χ0v) is 19.5. The maximum Gasteiger partial charge on any atom is 0.318 e. The highest BCUT2D eigenvalue weighted by Crippen LogP contribution is 2.39. The maximum atomic E-state index is 14.2. The second-order valence-corrected chi connectivity index (χ2v) is 8.67. The molecule has 36 heavy (non-hydrogen) atoms. The van der Waals surface area contributed by atoms with Crippen LogP contribution in [0.1, 0.15) is 11.1 Å². The number of nitro benzene ring substituents is 2. The smallest absolute Gasteiger partial charge is 0.318 e. The van der Waals surface area contributed by atoms with Crippen molar-refractivity contribution in [2.45, 2.75) is 6.54 Å². The highest BCUT2D eigenvalue weighted by atomic mass is 35.5. The summed E-state index contributed by atoms with van der Waals surface area (Å²) in [6, 6.07) is 13.2. The summed E-state index contributed by atoms with van der Waals surface area (Å²) in [6.07, 6.45) is 1.36. The van der Waals surface area contributed by atoms with E-state index in [-0.39, 0.29) is 33.5 Å². The number of benzene rings is 3. The maximum absolute atomic E-state index is 14.2. The van der Waals surface area contributed by atoms with Crippen molar-refractivity contribution in [1.29, 1.82) is 0 Å². The summed E-state index contributed by atoms with van der Waals surface area (Å²) < 4.78 is 19.8. The van der Waals surface area contributed by atoms with Gasteiger partial charge in [-0.2, -0.15) is 0 Å². The summed E-state index contributed by atoms with van der Waals surface area (Å²) in [5.74, 6) is -1.50. The van der Waals surface area contributed by atoms with Crippen LogP contribution in [0.15, 0.2) is 65.6 Å². The Bertz CT molecular complexity index is 1440. The van der Waals surface area contributed by atoms with E-state index in [1.807, 2.05) is 0 Å². The minimum absolute atomic E-state index is 0.00284. The van der Waals surface area contributed by atoms with Crippen molar-refractivity contribution in [3.63, 3.8) is 0 Å². The molecule has 0 N–H and O–H groups in total. The number of para-hydroxylation sites is 1. The third-order valence-electron chi connectivity index (χ3n) is 5.03. The second-order valence-electron chi connectivity index (χ2n) is 7.27. The summed E-state index contributed by atoms with van der Waals surface area (Å²) >= 11 is 6.65. The zero-order chi connectivity index (χ0) is 26.0. The normalized spacial score (nSPS) is 14.4. The molecule has 1 aliphatic rings. The quantitative estimate of drug-likeness (QED) is 0.197. The molecule has 3 aromatic rings. The van der Waals surface area contributed by atoms with Gasteiger partial charge in [-0.15, -0.1) is 0 Å². The van der Waals surface area contributed by atoms with Crippen molar-refractivity contribution in [2.24, 2.45) is 0 Å². The molecule has 3 aromatic carbocycles. The number of non-ortho nitro benzene ring substituents is 1. The Hall–Kier alpha value is -4.29. The van der Waals surface area contributed by atoms with Gasteiger partial charge in [-0.05, 0) is 42.1 Å². The molecule has 0 saturated carbocycles. The number of ether oxygens (including phenoxy) is 1. The number of rotatable bonds is 7. The number of nitrogens with zero attached hydrogens (tertiary/aromatic N) is 3. The number of hydrogen-bond acceptors (Lipinski definition) is 8. The van der Waals surface area contributed by atoms with E-state index < -0.39 is 38.2 Å². The van der Waals surface area contributed by atoms with Gasteiger partial charge in [0.1, 0.15) is 11.6 Å². The molecule has 0 atom stereocenters. The van der Waals surface area contributed by atoms with Crippen LogP contribution in [0.3, 0.4) is 0 Å². The number of halogens is 2. The number of thioether (sulfide) groups is 1. The average Bonchev–Trinajstić information content (AvgIpc) is 3.09. The molecule has 0 unspecified atom stereocenters. The largest absolute Gasteiger partial charge is 0.449 e. The van der Waals surface area contributed by atoms with Crippen LogP contribution >= 0.6 is 23.4 Å². The fourth-order valence-corrected chi connectivity index (χ4v) is 4.33. The molecule has 0 radical (unpaired) electrons. The Morgan fingerprint density at radius 1 is 1.00 bits per heavy atom. The van der Waals surface area contributed by atoms with Crippen LogP contribution < -0.4 is 4.74 Å². The van der Waals surface area contributed by atoms with Crippen molar-refractivity contribution in [3.05, 3.63) is 108 Å². The Balaban J connectivity index is 1.64. The topological polar surface area (TPSA) is 133 Å². The molecule has 10 nitrogen and oxygen atoms in total. The molecular formula is C23H13ClFN3O7S. The van der Waals surface area contributed by atoms with Gasteiger partial charge in [-0.25, -0.2) is 4.39 Å². The number of carbonyl (C=O) groups excluding carboxylic acids is 2. The molecule has 1 aliphatic heterocycles. The SMILES string of the molecule is O=C1S/C(=C\c2ccccc2Oc2ccc([N+](=O)[O-])cc2[N+](=O)[O-])C(=O)N1Cc1c(F)cccc1Cl. The molecular weight excluding hydrogens is 517 g/mol. The Kier molecular flexibility index (Phi) is 6.99. The second kappa shape index (κ2) is 10.1. The number of hydrogen-bond donors (Lipinski definition) is 0. The number of imide groups is 1. The van der Waals surface area contributed by atoms with Crippen molar-refractivity contribution in [2.75, 3.05) is 0 Å². The van der Waals surface area contributed by atoms with Gasteiger partial charge in [0.15, 0.2) is 0 Å². The first-order valence-electron chi connectivity index (χ1n) is 10.0. The third kappa shape index (κ3) is 5.04. The fourth-order valence-electron chi connectivity index (χ4n) is 3.28. The molecule has 1 saturated heterocycles. The molecule has 0 aromatic heterocycles. The van der Waals surface area contributed by atoms with Crippen LogP contribution in [0.4, 0.5) is 20.6 Å². The summed E-state index contributed by atoms with van der Waals surface area (Å²) in [5, 5.41) is 21.8. The van der Waals surface area contributed by atoms with Crippen LogP contribution in [0, 0.1) is 26.0 Å². The minimum atomic E-state index is -0.815. The zero-order valence-electron chi connectivity index (χ0n) is 17.9. The predicted octanol–water partition coefficient (Wildman–Crippen LogP) is 6.32. The highest BCUT2D eigenvalue weighted by Gasteiger charge is 2.36. The standard InChI is InChI=1S/C23H13ClFN3O7S/c24-16-5-3-6-17(25)15(16)12-26-22(29)21(36-23(26)30)10-13-4-1-2-7-19(13)35-20-9-8-14(27(31)32)11-18(20)28(33)34/h1-11H,12H2/b21-10-. The fraction of sp³-hybridized carbons (Fsp3) is 0.0435. The van der Waals surface area contributed by atoms with Crippen LogP contribution in [0.5, 0.6) is 11.5 Å². The van der Waals surface area contributed by atoms with Gasteiger partial charge >= 0.3 is 5.69 Å². The van der Waals surface area contributed by atoms with Gasteiger partial charge in [0.05, 0.1) is 27.4 Å². The Morgan fingerprint density at radius 3 is 2.44 bits per heavy atom. The average molecular weight is 530 g/mol. The van der Waals surface area contributed by atoms with Gasteiger partial charge in [0, 0.05) is 22.2 Å². The lowest BCUT2D eigenvalue weighted by molar-refractivity contribution is -0.394. The molecule has 1 heterocycles. The number of amides is 2. The van der Waals surface area contributed by atoms with Gasteiger partial charge in [-0.1, -0.05) is 35.9 Å². The van der Waals surface area contributed by atoms with Gasteiger partial charge in [0.2, 0.25) is 5.75 Å². The van der Waals surface area contributed by atoms with E-state index in [9.17, 15) is 34.2 Å². The number of nitro groups is 2. The molecule has 2 amide bonds. The van der Waals surface area contributed by atoms with E-state index >= 15 is 0 Å². The monoisotopic (exact) mass is 529 g/mol. The molecule has 0 spiro atoms. The van der Waals surface area contributed by atoms with Crippen molar-refractivity contribution in [3.8, 4) is 11.5 Å². The van der Waals surface area contributed by atoms with Gasteiger partial charge < -0.3 is 4.74 Å². The van der Waals surface area contributed by atoms with Crippen LogP contribution in [0.2, 0.25) is 5.02 Å². The molecule has 0 bridgehead atoms. The van der Waals surface area contributed by atoms with Gasteiger partial charge in [-0.3, -0.25) is 34.7 Å². The lowest BCUT2D eigenvalue weighted by Crippen LogP contribution is -2.28. The van der Waals surface area contributed by atoms with E-state index in [1.54, 1.807) is 18.2 Å². The van der Waals surface area contributed by atoms with Crippen LogP contribution in [-0.2, 0) is 11.3 Å². The summed E-state index contributed by atoms with van der Waals surface area (Å²) in [4.78, 5) is 47.1. The Labute approximate surface area is 211 Å². The number of carbonyl (C=O) groups is 2. The molecule has 13 heteroatoms. The first-order chi connectivity index (χ1) is 17.2. The summed E-state index contributed by atoms with van der Waals surface area (Å²) in [5.41, 5.74) is -0.802. The predicted molar refractivity (Wildman–Crippen MR) is 129 cm³/mol.